The number of benzene rings is 10. The van der Waals surface area contributed by atoms with Crippen molar-refractivity contribution in [3.05, 3.63) is 224 Å². The van der Waals surface area contributed by atoms with Gasteiger partial charge in [0, 0.05) is 16.8 Å². The number of furan rings is 1. The smallest absolute Gasteiger partial charge is 0.137 e. The average Bonchev–Trinajstić information content (AvgIpc) is 3.68. The minimum absolute atomic E-state index is 0.858. The Balaban J connectivity index is 1.03. The molecule has 10 aromatic carbocycles. The molecule has 0 bridgehead atoms. The van der Waals surface area contributed by atoms with E-state index in [0.29, 0.717) is 0 Å². The summed E-state index contributed by atoms with van der Waals surface area (Å²) in [6, 6.07) is 80.6. The lowest BCUT2D eigenvalue weighted by molar-refractivity contribution is 0.669. The number of rotatable bonds is 7. The van der Waals surface area contributed by atoms with Gasteiger partial charge in [-0.25, -0.2) is 0 Å². The predicted octanol–water partition coefficient (Wildman–Crippen LogP) is 16.0. The SMILES string of the molecule is c1ccc(-c2ccc3c(c2)oc2cccc(N(c4ccc(-c5cccc(-c6cccc7ccccc67)c5)cc4)c4ccc(-c5cccc6ccccc56)cc4)c23)cc1. The lowest BCUT2D eigenvalue weighted by Crippen LogP contribution is -2.10. The van der Waals surface area contributed by atoms with Crippen molar-refractivity contribution in [2.45, 2.75) is 0 Å². The second kappa shape index (κ2) is 14.1. The van der Waals surface area contributed by atoms with E-state index in [1.54, 1.807) is 0 Å². The van der Waals surface area contributed by atoms with Gasteiger partial charge < -0.3 is 9.32 Å². The van der Waals surface area contributed by atoms with Gasteiger partial charge in [0.05, 0.1) is 11.1 Å². The molecule has 0 aliphatic heterocycles. The fourth-order valence-electron chi connectivity index (χ4n) is 8.64. The van der Waals surface area contributed by atoms with Crippen molar-refractivity contribution in [3.63, 3.8) is 0 Å². The van der Waals surface area contributed by atoms with Crippen molar-refractivity contribution < 1.29 is 4.42 Å². The summed E-state index contributed by atoms with van der Waals surface area (Å²) < 4.78 is 6.62. The Morgan fingerprint density at radius 3 is 1.50 bits per heavy atom. The summed E-state index contributed by atoms with van der Waals surface area (Å²) in [6.07, 6.45) is 0. The Labute approximate surface area is 337 Å². The minimum atomic E-state index is 0.858. The van der Waals surface area contributed by atoms with Crippen LogP contribution in [0.3, 0.4) is 0 Å². The molecule has 1 aromatic heterocycles. The van der Waals surface area contributed by atoms with Crippen LogP contribution >= 0.6 is 0 Å². The Hall–Kier alpha value is -7.68. The zero-order chi connectivity index (χ0) is 38.4. The highest BCUT2D eigenvalue weighted by molar-refractivity contribution is 6.14. The van der Waals surface area contributed by atoms with E-state index >= 15 is 0 Å². The van der Waals surface area contributed by atoms with Crippen molar-refractivity contribution in [2.24, 2.45) is 0 Å². The zero-order valence-corrected chi connectivity index (χ0v) is 31.7. The van der Waals surface area contributed by atoms with Crippen LogP contribution in [0.4, 0.5) is 17.1 Å². The van der Waals surface area contributed by atoms with Gasteiger partial charge in [-0.15, -0.1) is 0 Å². The second-order valence-corrected chi connectivity index (χ2v) is 14.9. The number of hydrogen-bond donors (Lipinski definition) is 0. The van der Waals surface area contributed by atoms with Crippen molar-refractivity contribution >= 4 is 60.5 Å². The first-order valence-corrected chi connectivity index (χ1v) is 19.8. The normalized spacial score (nSPS) is 11.4. The quantitative estimate of drug-likeness (QED) is 0.162. The molecule has 0 saturated carbocycles. The molecule has 272 valence electrons. The van der Waals surface area contributed by atoms with E-state index in [1.165, 1.54) is 54.9 Å². The molecule has 1 heterocycles. The standard InChI is InChI=1S/C56H37NO/c1-2-12-38(13-3-1)44-30-35-52-55(37-44)58-54-25-11-24-53(56(52)54)57(47-33-28-42(29-34-47)50-22-9-16-40-14-4-6-20-48(40)50)46-31-26-39(27-32-46)43-18-8-19-45(36-43)51-23-10-17-41-15-5-7-21-49(41)51/h1-37H. The Bertz CT molecular complexity index is 3260. The molecule has 0 fully saturated rings. The summed E-state index contributed by atoms with van der Waals surface area (Å²) in [5, 5.41) is 7.17. The van der Waals surface area contributed by atoms with Crippen molar-refractivity contribution in [3.8, 4) is 44.5 Å². The van der Waals surface area contributed by atoms with E-state index in [2.05, 4.69) is 229 Å². The van der Waals surface area contributed by atoms with Gasteiger partial charge in [0.15, 0.2) is 0 Å². The molecule has 58 heavy (non-hydrogen) atoms. The summed E-state index contributed by atoms with van der Waals surface area (Å²) in [7, 11) is 0. The molecule has 2 nitrogen and oxygen atoms in total. The van der Waals surface area contributed by atoms with Gasteiger partial charge >= 0.3 is 0 Å². The summed E-state index contributed by atoms with van der Waals surface area (Å²) in [5.74, 6) is 0. The van der Waals surface area contributed by atoms with Crippen molar-refractivity contribution in [1.82, 2.24) is 0 Å². The van der Waals surface area contributed by atoms with Gasteiger partial charge in [0.1, 0.15) is 11.2 Å². The molecule has 0 aliphatic carbocycles. The molecule has 0 spiro atoms. The third-order valence-electron chi connectivity index (χ3n) is 11.5. The van der Waals surface area contributed by atoms with Gasteiger partial charge in [-0.2, -0.15) is 0 Å². The Morgan fingerprint density at radius 1 is 0.293 bits per heavy atom. The summed E-state index contributed by atoms with van der Waals surface area (Å²) >= 11 is 0. The highest BCUT2D eigenvalue weighted by Gasteiger charge is 2.20. The zero-order valence-electron chi connectivity index (χ0n) is 31.7. The van der Waals surface area contributed by atoms with E-state index in [9.17, 15) is 0 Å². The Kier molecular flexibility index (Phi) is 8.19. The first kappa shape index (κ1) is 33.6. The van der Waals surface area contributed by atoms with E-state index in [-0.39, 0.29) is 0 Å². The van der Waals surface area contributed by atoms with Crippen molar-refractivity contribution in [2.75, 3.05) is 4.90 Å². The third kappa shape index (κ3) is 5.91. The van der Waals surface area contributed by atoms with E-state index in [4.69, 9.17) is 4.42 Å². The fraction of sp³-hybridized carbons (Fsp3) is 0. The Morgan fingerprint density at radius 2 is 0.793 bits per heavy atom. The lowest BCUT2D eigenvalue weighted by Gasteiger charge is -2.27. The molecular formula is C56H37NO. The van der Waals surface area contributed by atoms with Crippen LogP contribution < -0.4 is 4.90 Å². The second-order valence-electron chi connectivity index (χ2n) is 14.9. The average molecular weight is 740 g/mol. The highest BCUT2D eigenvalue weighted by atomic mass is 16.3. The predicted molar refractivity (Wildman–Crippen MR) is 245 cm³/mol. The highest BCUT2D eigenvalue weighted by Crippen LogP contribution is 2.44. The maximum atomic E-state index is 6.62. The van der Waals surface area contributed by atoms with Crippen LogP contribution in [0.2, 0.25) is 0 Å². The van der Waals surface area contributed by atoms with E-state index < -0.39 is 0 Å². The van der Waals surface area contributed by atoms with E-state index in [0.717, 1.165) is 50.1 Å². The molecule has 0 radical (unpaired) electrons. The first-order chi connectivity index (χ1) is 28.7. The van der Waals surface area contributed by atoms with Gasteiger partial charge in [-0.1, -0.05) is 170 Å². The maximum absolute atomic E-state index is 6.62. The van der Waals surface area contributed by atoms with Crippen LogP contribution in [-0.2, 0) is 0 Å². The van der Waals surface area contributed by atoms with Crippen LogP contribution in [0.15, 0.2) is 229 Å². The van der Waals surface area contributed by atoms with Crippen LogP contribution in [-0.4, -0.2) is 0 Å². The molecule has 11 aromatic rings. The first-order valence-electron chi connectivity index (χ1n) is 19.8. The van der Waals surface area contributed by atoms with Crippen LogP contribution in [0.25, 0.3) is 88.0 Å². The summed E-state index contributed by atoms with van der Waals surface area (Å²) in [6.45, 7) is 0. The minimum Gasteiger partial charge on any atom is -0.456 e. The van der Waals surface area contributed by atoms with E-state index in [1.807, 2.05) is 0 Å². The van der Waals surface area contributed by atoms with Crippen LogP contribution in [0.5, 0.6) is 0 Å². The molecule has 0 saturated heterocycles. The molecule has 0 unspecified atom stereocenters. The molecule has 2 heteroatoms. The van der Waals surface area contributed by atoms with Gasteiger partial charge in [0.2, 0.25) is 0 Å². The van der Waals surface area contributed by atoms with Crippen LogP contribution in [0, 0.1) is 0 Å². The molecule has 0 atom stereocenters. The molecule has 0 N–H and O–H groups in total. The topological polar surface area (TPSA) is 16.4 Å². The van der Waals surface area contributed by atoms with Gasteiger partial charge in [-0.3, -0.25) is 0 Å². The van der Waals surface area contributed by atoms with Gasteiger partial charge in [0.25, 0.3) is 0 Å². The molecule has 11 rings (SSSR count). The third-order valence-corrected chi connectivity index (χ3v) is 11.5. The van der Waals surface area contributed by atoms with Crippen molar-refractivity contribution in [1.29, 1.82) is 0 Å². The lowest BCUT2D eigenvalue weighted by atomic mass is 9.95. The number of anilines is 3. The molecule has 0 aliphatic rings. The number of fused-ring (bicyclic) bond motifs is 5. The maximum Gasteiger partial charge on any atom is 0.137 e. The number of nitrogens with zero attached hydrogens (tertiary/aromatic N) is 1. The monoisotopic (exact) mass is 739 g/mol. The summed E-state index contributed by atoms with van der Waals surface area (Å²) in [4.78, 5) is 2.37. The fourth-order valence-corrected chi connectivity index (χ4v) is 8.64. The molecule has 0 amide bonds. The largest absolute Gasteiger partial charge is 0.456 e. The number of hydrogen-bond acceptors (Lipinski definition) is 2. The van der Waals surface area contributed by atoms with Crippen LogP contribution in [0.1, 0.15) is 0 Å². The summed E-state index contributed by atoms with van der Waals surface area (Å²) in [5.41, 5.74) is 14.4. The van der Waals surface area contributed by atoms with Gasteiger partial charge in [-0.05, 0) is 121 Å². The molecular weight excluding hydrogens is 703 g/mol.